The Morgan fingerprint density at radius 2 is 2.00 bits per heavy atom. The molecule has 0 aliphatic carbocycles. The quantitative estimate of drug-likeness (QED) is 0.604. The molecule has 3 heteroatoms. The van der Waals surface area contributed by atoms with E-state index in [1.54, 1.807) is 6.08 Å². The average Bonchev–Trinajstić information content (AvgIpc) is 2.26. The molecule has 0 spiro atoms. The van der Waals surface area contributed by atoms with Gasteiger partial charge in [0.15, 0.2) is 0 Å². The molecule has 0 fully saturated rings. The van der Waals surface area contributed by atoms with Gasteiger partial charge in [0.05, 0.1) is 18.8 Å². The van der Waals surface area contributed by atoms with Crippen LogP contribution in [0.5, 0.6) is 0 Å². The molecule has 3 nitrogen and oxygen atoms in total. The van der Waals surface area contributed by atoms with Crippen LogP contribution in [0.2, 0.25) is 0 Å². The lowest BCUT2D eigenvalue weighted by molar-refractivity contribution is -0.137. The number of ether oxygens (including phenoxy) is 1. The van der Waals surface area contributed by atoms with E-state index in [1.165, 1.54) is 14.0 Å². The Bertz CT molecular complexity index is 352. The molecule has 15 heavy (non-hydrogen) atoms. The van der Waals surface area contributed by atoms with Crippen LogP contribution in [0.3, 0.4) is 0 Å². The van der Waals surface area contributed by atoms with Crippen molar-refractivity contribution in [1.82, 2.24) is 0 Å². The number of rotatable bonds is 3. The van der Waals surface area contributed by atoms with E-state index in [2.05, 4.69) is 4.74 Å². The number of aliphatic hydroxyl groups excluding tert-OH is 1. The van der Waals surface area contributed by atoms with Crippen molar-refractivity contribution in [3.8, 4) is 0 Å². The lowest BCUT2D eigenvalue weighted by Gasteiger charge is -2.07. The summed E-state index contributed by atoms with van der Waals surface area (Å²) in [6, 6.07) is 9.32. The summed E-state index contributed by atoms with van der Waals surface area (Å²) < 4.78 is 4.58. The third-order valence-electron chi connectivity index (χ3n) is 1.99. The highest BCUT2D eigenvalue weighted by molar-refractivity contribution is 5.94. The second-order valence-electron chi connectivity index (χ2n) is 3.18. The molecule has 0 saturated heterocycles. The number of hydrogen-bond acceptors (Lipinski definition) is 3. The van der Waals surface area contributed by atoms with Gasteiger partial charge in [0.2, 0.25) is 0 Å². The van der Waals surface area contributed by atoms with Crippen molar-refractivity contribution in [1.29, 1.82) is 0 Å². The van der Waals surface area contributed by atoms with E-state index >= 15 is 0 Å². The molecule has 0 bridgehead atoms. The largest absolute Gasteiger partial charge is 0.466 e. The summed E-state index contributed by atoms with van der Waals surface area (Å²) in [5.41, 5.74) is 1.11. The molecule has 0 aromatic heterocycles. The molecule has 1 aromatic carbocycles. The normalized spacial score (nSPS) is 13.4. The highest BCUT2D eigenvalue weighted by Crippen LogP contribution is 2.11. The molecular formula is C12H14O3. The Morgan fingerprint density at radius 3 is 2.47 bits per heavy atom. The molecule has 0 heterocycles. The monoisotopic (exact) mass is 206 g/mol. The van der Waals surface area contributed by atoms with Crippen molar-refractivity contribution >= 4 is 12.0 Å². The van der Waals surface area contributed by atoms with Gasteiger partial charge in [-0.05, 0) is 18.6 Å². The molecule has 0 amide bonds. The minimum absolute atomic E-state index is 0.253. The maximum atomic E-state index is 11.3. The highest BCUT2D eigenvalue weighted by atomic mass is 16.5. The molecule has 1 unspecified atom stereocenters. The van der Waals surface area contributed by atoms with Crippen molar-refractivity contribution in [3.63, 3.8) is 0 Å². The maximum absolute atomic E-state index is 11.3. The van der Waals surface area contributed by atoms with Crippen LogP contribution in [0.15, 0.2) is 35.9 Å². The molecule has 1 aromatic rings. The highest BCUT2D eigenvalue weighted by Gasteiger charge is 2.14. The summed E-state index contributed by atoms with van der Waals surface area (Å²) in [6.07, 6.45) is 0.786. The van der Waals surface area contributed by atoms with E-state index in [0.29, 0.717) is 0 Å². The van der Waals surface area contributed by atoms with E-state index in [9.17, 15) is 9.90 Å². The summed E-state index contributed by atoms with van der Waals surface area (Å²) >= 11 is 0. The number of aliphatic hydroxyl groups is 1. The third-order valence-corrected chi connectivity index (χ3v) is 1.99. The Kier molecular flexibility index (Phi) is 4.06. The van der Waals surface area contributed by atoms with E-state index in [-0.39, 0.29) is 5.57 Å². The number of carbonyl (C=O) groups is 1. The molecule has 1 N–H and O–H groups in total. The van der Waals surface area contributed by atoms with E-state index in [1.807, 2.05) is 30.3 Å². The van der Waals surface area contributed by atoms with E-state index < -0.39 is 12.1 Å². The Labute approximate surface area is 89.0 Å². The summed E-state index contributed by atoms with van der Waals surface area (Å²) in [5, 5.41) is 9.41. The Morgan fingerprint density at radius 1 is 1.40 bits per heavy atom. The molecule has 1 rings (SSSR count). The number of esters is 1. The van der Waals surface area contributed by atoms with Gasteiger partial charge in [-0.25, -0.2) is 4.79 Å². The van der Waals surface area contributed by atoms with Crippen LogP contribution < -0.4 is 0 Å². The number of methoxy groups -OCH3 is 1. The van der Waals surface area contributed by atoms with Gasteiger partial charge in [-0.15, -0.1) is 0 Å². The average molecular weight is 206 g/mol. The summed E-state index contributed by atoms with van der Waals surface area (Å²) in [6.45, 7) is 1.53. The van der Waals surface area contributed by atoms with Crippen molar-refractivity contribution in [2.75, 3.05) is 7.11 Å². The van der Waals surface area contributed by atoms with Gasteiger partial charge in [-0.2, -0.15) is 0 Å². The smallest absolute Gasteiger partial charge is 0.336 e. The first-order chi connectivity index (χ1) is 7.15. The van der Waals surface area contributed by atoms with Gasteiger partial charge >= 0.3 is 5.97 Å². The number of hydrogen-bond donors (Lipinski definition) is 1. The van der Waals surface area contributed by atoms with Gasteiger partial charge in [0.1, 0.15) is 0 Å². The van der Waals surface area contributed by atoms with Crippen molar-refractivity contribution in [2.45, 2.75) is 13.0 Å². The predicted molar refractivity (Wildman–Crippen MR) is 58.1 cm³/mol. The van der Waals surface area contributed by atoms with Crippen LogP contribution in [0, 0.1) is 0 Å². The maximum Gasteiger partial charge on any atom is 0.336 e. The third kappa shape index (κ3) is 3.22. The summed E-state index contributed by atoms with van der Waals surface area (Å²) in [7, 11) is 1.30. The van der Waals surface area contributed by atoms with Crippen LogP contribution in [0.25, 0.3) is 6.08 Å². The van der Waals surface area contributed by atoms with Crippen LogP contribution in [0.4, 0.5) is 0 Å². The minimum atomic E-state index is -0.836. The number of benzene rings is 1. The van der Waals surface area contributed by atoms with E-state index in [0.717, 1.165) is 5.56 Å². The molecule has 0 aliphatic heterocycles. The van der Waals surface area contributed by atoms with Crippen LogP contribution >= 0.6 is 0 Å². The zero-order valence-electron chi connectivity index (χ0n) is 8.81. The summed E-state index contributed by atoms with van der Waals surface area (Å²) in [4.78, 5) is 11.3. The fourth-order valence-electron chi connectivity index (χ4n) is 1.20. The van der Waals surface area contributed by atoms with Crippen molar-refractivity contribution in [2.24, 2.45) is 0 Å². The SMILES string of the molecule is COC(=O)/C(=C\c1ccccc1)C(C)O. The van der Waals surface area contributed by atoms with Crippen LogP contribution in [0.1, 0.15) is 12.5 Å². The van der Waals surface area contributed by atoms with E-state index in [4.69, 9.17) is 0 Å². The lowest BCUT2D eigenvalue weighted by Crippen LogP contribution is -2.15. The molecule has 0 saturated carbocycles. The first-order valence-electron chi connectivity index (χ1n) is 4.68. The topological polar surface area (TPSA) is 46.5 Å². The standard InChI is InChI=1S/C12H14O3/c1-9(13)11(12(14)15-2)8-10-6-4-3-5-7-10/h3-9,13H,1-2H3/b11-8-. The fraction of sp³-hybridized carbons (Fsp3) is 0.250. The van der Waals surface area contributed by atoms with Crippen LogP contribution in [-0.2, 0) is 9.53 Å². The van der Waals surface area contributed by atoms with Gasteiger partial charge in [-0.1, -0.05) is 30.3 Å². The van der Waals surface area contributed by atoms with Gasteiger partial charge in [0.25, 0.3) is 0 Å². The molecule has 0 aliphatic rings. The molecule has 80 valence electrons. The molecule has 1 atom stereocenters. The first-order valence-corrected chi connectivity index (χ1v) is 4.68. The Hall–Kier alpha value is -1.61. The number of carbonyl (C=O) groups excluding carboxylic acids is 1. The van der Waals surface area contributed by atoms with Gasteiger partial charge in [0, 0.05) is 0 Å². The fourth-order valence-corrected chi connectivity index (χ4v) is 1.20. The predicted octanol–water partition coefficient (Wildman–Crippen LogP) is 1.62. The van der Waals surface area contributed by atoms with Crippen LogP contribution in [-0.4, -0.2) is 24.3 Å². The van der Waals surface area contributed by atoms with Crippen molar-refractivity contribution in [3.05, 3.63) is 41.5 Å². The first kappa shape index (κ1) is 11.5. The second-order valence-corrected chi connectivity index (χ2v) is 3.18. The second kappa shape index (κ2) is 5.32. The zero-order chi connectivity index (χ0) is 11.3. The molecule has 0 radical (unpaired) electrons. The van der Waals surface area contributed by atoms with Gasteiger partial charge < -0.3 is 9.84 Å². The van der Waals surface area contributed by atoms with Crippen molar-refractivity contribution < 1.29 is 14.6 Å². The zero-order valence-corrected chi connectivity index (χ0v) is 8.81. The lowest BCUT2D eigenvalue weighted by atomic mass is 10.1. The Balaban J connectivity index is 3.00. The van der Waals surface area contributed by atoms with Gasteiger partial charge in [-0.3, -0.25) is 0 Å². The minimum Gasteiger partial charge on any atom is -0.466 e. The summed E-state index contributed by atoms with van der Waals surface area (Å²) in [5.74, 6) is -0.506. The molecular weight excluding hydrogens is 192 g/mol.